The van der Waals surface area contributed by atoms with Gasteiger partial charge in [0, 0.05) is 13.3 Å². The number of rotatable bonds is 4. The summed E-state index contributed by atoms with van der Waals surface area (Å²) in [6.45, 7) is 1.42. The number of carbonyl (C=O) groups excluding carboxylic acids is 1. The predicted octanol–water partition coefficient (Wildman–Crippen LogP) is 3.52. The maximum atomic E-state index is 11.0. The van der Waals surface area contributed by atoms with Crippen LogP contribution in [0.2, 0.25) is 0 Å². The van der Waals surface area contributed by atoms with Gasteiger partial charge in [0.05, 0.1) is 5.70 Å². The highest BCUT2D eigenvalue weighted by atomic mass is 16.7. The zero-order chi connectivity index (χ0) is 13.5. The summed E-state index contributed by atoms with van der Waals surface area (Å²) >= 11 is 0. The van der Waals surface area contributed by atoms with Crippen LogP contribution in [0.25, 0.3) is 0 Å². The molecule has 0 spiro atoms. The zero-order valence-electron chi connectivity index (χ0n) is 11.4. The van der Waals surface area contributed by atoms with Crippen molar-refractivity contribution in [3.63, 3.8) is 0 Å². The van der Waals surface area contributed by atoms with Gasteiger partial charge in [-0.1, -0.05) is 36.8 Å². The molecule has 0 atom stereocenters. The van der Waals surface area contributed by atoms with Gasteiger partial charge in [0.1, 0.15) is 0 Å². The van der Waals surface area contributed by atoms with Gasteiger partial charge in [0.15, 0.2) is 0 Å². The average molecular weight is 259 g/mol. The Bertz CT molecular complexity index is 443. The van der Waals surface area contributed by atoms with E-state index in [0.717, 1.165) is 25.0 Å². The van der Waals surface area contributed by atoms with Gasteiger partial charge in [-0.25, -0.2) is 5.48 Å². The van der Waals surface area contributed by atoms with Crippen LogP contribution >= 0.6 is 0 Å². The van der Waals surface area contributed by atoms with Crippen LogP contribution in [0.4, 0.5) is 0 Å². The number of hydroxylamine groups is 1. The molecule has 0 heterocycles. The van der Waals surface area contributed by atoms with E-state index >= 15 is 0 Å². The lowest BCUT2D eigenvalue weighted by atomic mass is 9.91. The van der Waals surface area contributed by atoms with Gasteiger partial charge < -0.3 is 4.84 Å². The minimum atomic E-state index is -0.304. The van der Waals surface area contributed by atoms with E-state index in [9.17, 15) is 4.79 Å². The molecule has 0 radical (unpaired) electrons. The van der Waals surface area contributed by atoms with E-state index in [-0.39, 0.29) is 5.97 Å². The normalized spacial score (nSPS) is 14.9. The summed E-state index contributed by atoms with van der Waals surface area (Å²) in [6.07, 6.45) is 6.77. The Kier molecular flexibility index (Phi) is 5.01. The smallest absolute Gasteiger partial charge is 0.329 e. The van der Waals surface area contributed by atoms with Crippen LogP contribution in [0.1, 0.15) is 44.6 Å². The molecule has 1 aliphatic rings. The van der Waals surface area contributed by atoms with Crippen molar-refractivity contribution in [2.75, 3.05) is 0 Å². The fourth-order valence-electron chi connectivity index (χ4n) is 2.45. The van der Waals surface area contributed by atoms with Crippen LogP contribution in [0.5, 0.6) is 0 Å². The van der Waals surface area contributed by atoms with Gasteiger partial charge >= 0.3 is 5.97 Å². The van der Waals surface area contributed by atoms with Crippen molar-refractivity contribution >= 4 is 5.97 Å². The maximum absolute atomic E-state index is 11.0. The summed E-state index contributed by atoms with van der Waals surface area (Å²) in [4.78, 5) is 16.0. The molecule has 1 aliphatic carbocycles. The summed E-state index contributed by atoms with van der Waals surface area (Å²) < 4.78 is 0. The second kappa shape index (κ2) is 6.98. The van der Waals surface area contributed by atoms with Crippen molar-refractivity contribution in [1.82, 2.24) is 5.48 Å². The molecular formula is C16H21NO2. The standard InChI is InChI=1S/C16H21NO2/c1-13(18)19-17-16(15-10-6-3-7-11-15)12-14-8-4-2-5-9-14/h2,4-5,8-9,17H,3,6-7,10-12H2,1H3. The molecule has 0 amide bonds. The van der Waals surface area contributed by atoms with Gasteiger partial charge in [0.2, 0.25) is 0 Å². The molecule has 1 aromatic carbocycles. The molecule has 1 aromatic rings. The van der Waals surface area contributed by atoms with Crippen molar-refractivity contribution in [3.8, 4) is 0 Å². The van der Waals surface area contributed by atoms with Gasteiger partial charge in [-0.2, -0.15) is 0 Å². The first-order chi connectivity index (χ1) is 9.25. The van der Waals surface area contributed by atoms with E-state index in [1.165, 1.54) is 37.3 Å². The molecule has 0 aliphatic heterocycles. The third-order valence-corrected chi connectivity index (χ3v) is 3.43. The Labute approximate surface area is 114 Å². The zero-order valence-corrected chi connectivity index (χ0v) is 11.4. The Hall–Kier alpha value is -1.77. The topological polar surface area (TPSA) is 38.3 Å². The second-order valence-electron chi connectivity index (χ2n) is 5.00. The number of hydrogen-bond donors (Lipinski definition) is 1. The molecule has 1 saturated carbocycles. The highest BCUT2D eigenvalue weighted by Crippen LogP contribution is 2.26. The molecule has 19 heavy (non-hydrogen) atoms. The Morgan fingerprint density at radius 2 is 1.84 bits per heavy atom. The SMILES string of the molecule is CC(=O)ONC(Cc1ccccc1)=C1CCCCC1. The lowest BCUT2D eigenvalue weighted by Crippen LogP contribution is -2.21. The summed E-state index contributed by atoms with van der Waals surface area (Å²) in [5, 5.41) is 0. The summed E-state index contributed by atoms with van der Waals surface area (Å²) in [5.74, 6) is -0.304. The number of hydrogen-bond acceptors (Lipinski definition) is 3. The summed E-state index contributed by atoms with van der Waals surface area (Å²) in [6, 6.07) is 10.3. The van der Waals surface area contributed by atoms with Crippen LogP contribution in [-0.2, 0) is 16.1 Å². The Balaban J connectivity index is 2.11. The van der Waals surface area contributed by atoms with Gasteiger partial charge in [-0.05, 0) is 36.8 Å². The Morgan fingerprint density at radius 3 is 2.47 bits per heavy atom. The molecule has 0 bridgehead atoms. The lowest BCUT2D eigenvalue weighted by Gasteiger charge is -2.20. The second-order valence-corrected chi connectivity index (χ2v) is 5.00. The maximum Gasteiger partial charge on any atom is 0.329 e. The molecule has 102 valence electrons. The van der Waals surface area contributed by atoms with E-state index in [1.807, 2.05) is 18.2 Å². The first-order valence-electron chi connectivity index (χ1n) is 6.94. The highest BCUT2D eigenvalue weighted by Gasteiger charge is 2.13. The van der Waals surface area contributed by atoms with Gasteiger partial charge in [0.25, 0.3) is 0 Å². The highest BCUT2D eigenvalue weighted by molar-refractivity contribution is 5.65. The van der Waals surface area contributed by atoms with E-state index in [0.29, 0.717) is 0 Å². The van der Waals surface area contributed by atoms with Crippen LogP contribution in [0, 0.1) is 0 Å². The average Bonchev–Trinajstić information content (AvgIpc) is 2.45. The van der Waals surface area contributed by atoms with Crippen molar-refractivity contribution < 1.29 is 9.63 Å². The quantitative estimate of drug-likeness (QED) is 0.841. The number of benzene rings is 1. The molecule has 0 saturated heterocycles. The van der Waals surface area contributed by atoms with Crippen LogP contribution in [0.15, 0.2) is 41.6 Å². The first-order valence-corrected chi connectivity index (χ1v) is 6.94. The molecule has 1 N–H and O–H groups in total. The summed E-state index contributed by atoms with van der Waals surface area (Å²) in [5.41, 5.74) is 6.56. The first kappa shape index (κ1) is 13.7. The van der Waals surface area contributed by atoms with Crippen molar-refractivity contribution in [3.05, 3.63) is 47.2 Å². The van der Waals surface area contributed by atoms with Crippen molar-refractivity contribution in [2.24, 2.45) is 0 Å². The molecule has 3 heteroatoms. The van der Waals surface area contributed by atoms with Crippen LogP contribution in [0.3, 0.4) is 0 Å². The largest absolute Gasteiger partial charge is 0.344 e. The number of allylic oxidation sites excluding steroid dienone is 2. The van der Waals surface area contributed by atoms with Crippen LogP contribution in [-0.4, -0.2) is 5.97 Å². The van der Waals surface area contributed by atoms with Crippen LogP contribution < -0.4 is 5.48 Å². The third-order valence-electron chi connectivity index (χ3n) is 3.43. The number of carbonyl (C=O) groups is 1. The minimum absolute atomic E-state index is 0.304. The molecule has 2 rings (SSSR count). The predicted molar refractivity (Wildman–Crippen MR) is 75.2 cm³/mol. The molecule has 0 aromatic heterocycles. The molecular weight excluding hydrogens is 238 g/mol. The summed E-state index contributed by atoms with van der Waals surface area (Å²) in [7, 11) is 0. The van der Waals surface area contributed by atoms with Crippen molar-refractivity contribution in [1.29, 1.82) is 0 Å². The van der Waals surface area contributed by atoms with E-state index < -0.39 is 0 Å². The van der Waals surface area contributed by atoms with E-state index in [2.05, 4.69) is 17.6 Å². The Morgan fingerprint density at radius 1 is 1.16 bits per heavy atom. The van der Waals surface area contributed by atoms with E-state index in [4.69, 9.17) is 4.84 Å². The molecule has 3 nitrogen and oxygen atoms in total. The molecule has 1 fully saturated rings. The minimum Gasteiger partial charge on any atom is -0.344 e. The van der Waals surface area contributed by atoms with E-state index in [1.54, 1.807) is 0 Å². The van der Waals surface area contributed by atoms with Gasteiger partial charge in [-0.3, -0.25) is 4.79 Å². The monoisotopic (exact) mass is 259 g/mol. The van der Waals surface area contributed by atoms with Crippen molar-refractivity contribution in [2.45, 2.75) is 45.4 Å². The fourth-order valence-corrected chi connectivity index (χ4v) is 2.45. The third kappa shape index (κ3) is 4.43. The fraction of sp³-hybridized carbons (Fsp3) is 0.438. The number of nitrogens with one attached hydrogen (secondary N) is 1. The molecule has 0 unspecified atom stereocenters. The lowest BCUT2D eigenvalue weighted by molar-refractivity contribution is -0.146. The van der Waals surface area contributed by atoms with Gasteiger partial charge in [-0.15, -0.1) is 0 Å².